The second kappa shape index (κ2) is 4.17. The van der Waals surface area contributed by atoms with E-state index in [9.17, 15) is 5.11 Å². The van der Waals surface area contributed by atoms with Crippen LogP contribution in [-0.2, 0) is 9.47 Å². The van der Waals surface area contributed by atoms with Gasteiger partial charge in [0.15, 0.2) is 6.29 Å². The Bertz CT molecular complexity index is 183. The minimum absolute atomic E-state index is 0.0161. The molecule has 1 aliphatic heterocycles. The van der Waals surface area contributed by atoms with Crippen LogP contribution in [-0.4, -0.2) is 29.2 Å². The lowest BCUT2D eigenvalue weighted by Crippen LogP contribution is -2.31. The van der Waals surface area contributed by atoms with Crippen molar-refractivity contribution in [1.29, 1.82) is 0 Å². The summed E-state index contributed by atoms with van der Waals surface area (Å²) in [6.45, 7) is 9.74. The molecule has 3 heteroatoms. The molecular formula is C11H22O3. The smallest absolute Gasteiger partial charge is 0.160 e. The first-order valence-corrected chi connectivity index (χ1v) is 5.33. The van der Waals surface area contributed by atoms with E-state index in [1.165, 1.54) is 0 Å². The largest absolute Gasteiger partial charge is 0.390 e. The van der Waals surface area contributed by atoms with Crippen molar-refractivity contribution < 1.29 is 14.6 Å². The van der Waals surface area contributed by atoms with Crippen molar-refractivity contribution in [2.75, 3.05) is 0 Å². The van der Waals surface area contributed by atoms with Gasteiger partial charge < -0.3 is 14.6 Å². The van der Waals surface area contributed by atoms with Crippen LogP contribution >= 0.6 is 0 Å². The minimum Gasteiger partial charge on any atom is -0.390 e. The monoisotopic (exact) mass is 202 g/mol. The fourth-order valence-electron chi connectivity index (χ4n) is 1.63. The van der Waals surface area contributed by atoms with E-state index in [1.54, 1.807) is 13.8 Å². The van der Waals surface area contributed by atoms with Crippen LogP contribution in [0.15, 0.2) is 0 Å². The van der Waals surface area contributed by atoms with Crippen LogP contribution in [0.4, 0.5) is 0 Å². The third-order valence-corrected chi connectivity index (χ3v) is 2.43. The highest BCUT2D eigenvalue weighted by atomic mass is 16.7. The normalized spacial score (nSPS) is 34.1. The molecule has 1 rings (SSSR count). The quantitative estimate of drug-likeness (QED) is 0.760. The summed E-state index contributed by atoms with van der Waals surface area (Å²) >= 11 is 0. The molecule has 1 heterocycles. The number of aliphatic hydroxyl groups is 1. The van der Waals surface area contributed by atoms with Gasteiger partial charge in [0, 0.05) is 12.3 Å². The molecule has 0 bridgehead atoms. The molecule has 1 saturated heterocycles. The predicted molar refractivity (Wildman–Crippen MR) is 55.0 cm³/mol. The van der Waals surface area contributed by atoms with E-state index in [-0.39, 0.29) is 18.5 Å². The van der Waals surface area contributed by atoms with Gasteiger partial charge in [0.25, 0.3) is 0 Å². The predicted octanol–water partition coefficient (Wildman–Crippen LogP) is 1.93. The van der Waals surface area contributed by atoms with E-state index in [0.29, 0.717) is 12.3 Å². The van der Waals surface area contributed by atoms with Crippen molar-refractivity contribution in [2.45, 2.75) is 65.1 Å². The lowest BCUT2D eigenvalue weighted by atomic mass is 9.98. The standard InChI is InChI=1S/C11H22O3/c1-7(2)10-13-8(3)9(14-10)6-11(4,5)12/h7-10,12H,6H2,1-5H3. The van der Waals surface area contributed by atoms with Gasteiger partial charge in [0.2, 0.25) is 0 Å². The van der Waals surface area contributed by atoms with Crippen molar-refractivity contribution in [2.24, 2.45) is 5.92 Å². The summed E-state index contributed by atoms with van der Waals surface area (Å²) in [5.41, 5.74) is -0.686. The summed E-state index contributed by atoms with van der Waals surface area (Å²) in [7, 11) is 0. The Hall–Kier alpha value is -0.120. The van der Waals surface area contributed by atoms with Crippen LogP contribution < -0.4 is 0 Å². The van der Waals surface area contributed by atoms with Gasteiger partial charge in [-0.05, 0) is 20.8 Å². The Kier molecular flexibility index (Phi) is 3.56. The highest BCUT2D eigenvalue weighted by Gasteiger charge is 2.37. The molecule has 0 radical (unpaired) electrons. The van der Waals surface area contributed by atoms with Crippen LogP contribution in [0.5, 0.6) is 0 Å². The zero-order chi connectivity index (χ0) is 10.9. The first-order chi connectivity index (χ1) is 6.29. The molecule has 0 saturated carbocycles. The fraction of sp³-hybridized carbons (Fsp3) is 1.00. The molecule has 0 aromatic carbocycles. The first-order valence-electron chi connectivity index (χ1n) is 5.33. The van der Waals surface area contributed by atoms with E-state index in [4.69, 9.17) is 9.47 Å². The lowest BCUT2D eigenvalue weighted by Gasteiger charge is -2.22. The molecule has 3 nitrogen and oxygen atoms in total. The SMILES string of the molecule is CC(C)C1OC(C)C(CC(C)(C)O)O1. The number of rotatable bonds is 3. The second-order valence-electron chi connectivity index (χ2n) is 5.14. The van der Waals surface area contributed by atoms with Crippen LogP contribution in [0.2, 0.25) is 0 Å². The zero-order valence-corrected chi connectivity index (χ0v) is 9.78. The van der Waals surface area contributed by atoms with Gasteiger partial charge in [0.05, 0.1) is 17.8 Å². The van der Waals surface area contributed by atoms with E-state index in [1.807, 2.05) is 6.92 Å². The third-order valence-electron chi connectivity index (χ3n) is 2.43. The van der Waals surface area contributed by atoms with Crippen LogP contribution in [0, 0.1) is 5.92 Å². The Morgan fingerprint density at radius 1 is 1.29 bits per heavy atom. The molecule has 0 spiro atoms. The summed E-state index contributed by atoms with van der Waals surface area (Å²) in [5, 5.41) is 9.69. The highest BCUT2D eigenvalue weighted by molar-refractivity contribution is 4.81. The van der Waals surface area contributed by atoms with Gasteiger partial charge in [-0.2, -0.15) is 0 Å². The number of hydrogen-bond acceptors (Lipinski definition) is 3. The van der Waals surface area contributed by atoms with Gasteiger partial charge in [-0.25, -0.2) is 0 Å². The Labute approximate surface area is 86.4 Å². The van der Waals surface area contributed by atoms with E-state index in [2.05, 4.69) is 13.8 Å². The molecule has 1 fully saturated rings. The maximum Gasteiger partial charge on any atom is 0.160 e. The lowest BCUT2D eigenvalue weighted by molar-refractivity contribution is -0.100. The molecule has 14 heavy (non-hydrogen) atoms. The summed E-state index contributed by atoms with van der Waals surface area (Å²) in [6, 6.07) is 0. The Morgan fingerprint density at radius 3 is 2.21 bits per heavy atom. The van der Waals surface area contributed by atoms with Crippen molar-refractivity contribution in [3.63, 3.8) is 0 Å². The third kappa shape index (κ3) is 3.23. The summed E-state index contributed by atoms with van der Waals surface area (Å²) < 4.78 is 11.4. The molecule has 1 N–H and O–H groups in total. The Morgan fingerprint density at radius 2 is 1.86 bits per heavy atom. The molecule has 0 aromatic heterocycles. The molecule has 0 aromatic rings. The Balaban J connectivity index is 2.49. The average molecular weight is 202 g/mol. The van der Waals surface area contributed by atoms with Crippen molar-refractivity contribution in [3.8, 4) is 0 Å². The molecule has 0 aliphatic carbocycles. The zero-order valence-electron chi connectivity index (χ0n) is 9.78. The highest BCUT2D eigenvalue weighted by Crippen LogP contribution is 2.28. The fourth-order valence-corrected chi connectivity index (χ4v) is 1.63. The van der Waals surface area contributed by atoms with Crippen LogP contribution in [0.1, 0.15) is 41.0 Å². The summed E-state index contributed by atoms with van der Waals surface area (Å²) in [5.74, 6) is 0.365. The first kappa shape index (κ1) is 12.0. The van der Waals surface area contributed by atoms with Crippen molar-refractivity contribution in [1.82, 2.24) is 0 Å². The maximum atomic E-state index is 9.69. The van der Waals surface area contributed by atoms with E-state index < -0.39 is 5.60 Å². The number of ether oxygens (including phenoxy) is 2. The summed E-state index contributed by atoms with van der Waals surface area (Å²) in [6.07, 6.45) is 0.603. The van der Waals surface area contributed by atoms with E-state index in [0.717, 1.165) is 0 Å². The van der Waals surface area contributed by atoms with Gasteiger partial charge >= 0.3 is 0 Å². The summed E-state index contributed by atoms with van der Waals surface area (Å²) in [4.78, 5) is 0. The molecule has 3 unspecified atom stereocenters. The van der Waals surface area contributed by atoms with Gasteiger partial charge in [-0.15, -0.1) is 0 Å². The van der Waals surface area contributed by atoms with E-state index >= 15 is 0 Å². The van der Waals surface area contributed by atoms with Crippen molar-refractivity contribution in [3.05, 3.63) is 0 Å². The second-order valence-corrected chi connectivity index (χ2v) is 5.14. The topological polar surface area (TPSA) is 38.7 Å². The minimum atomic E-state index is -0.686. The van der Waals surface area contributed by atoms with Crippen LogP contribution in [0.25, 0.3) is 0 Å². The molecular weight excluding hydrogens is 180 g/mol. The van der Waals surface area contributed by atoms with Crippen LogP contribution in [0.3, 0.4) is 0 Å². The maximum absolute atomic E-state index is 9.69. The van der Waals surface area contributed by atoms with Crippen molar-refractivity contribution >= 4 is 0 Å². The molecule has 0 amide bonds. The number of hydrogen-bond donors (Lipinski definition) is 1. The van der Waals surface area contributed by atoms with Gasteiger partial charge in [-0.1, -0.05) is 13.8 Å². The molecule has 1 aliphatic rings. The molecule has 84 valence electrons. The average Bonchev–Trinajstić information content (AvgIpc) is 2.29. The molecule has 3 atom stereocenters. The van der Waals surface area contributed by atoms with Gasteiger partial charge in [-0.3, -0.25) is 0 Å². The van der Waals surface area contributed by atoms with Gasteiger partial charge in [0.1, 0.15) is 0 Å².